The van der Waals surface area contributed by atoms with Gasteiger partial charge in [0.25, 0.3) is 5.91 Å². The maximum absolute atomic E-state index is 13.1. The van der Waals surface area contributed by atoms with Crippen LogP contribution >= 0.6 is 0 Å². The highest BCUT2D eigenvalue weighted by Crippen LogP contribution is 2.21. The Kier molecular flexibility index (Phi) is 5.08. The van der Waals surface area contributed by atoms with E-state index in [-0.39, 0.29) is 17.1 Å². The summed E-state index contributed by atoms with van der Waals surface area (Å²) < 4.78 is 14.8. The number of benzene rings is 1. The fraction of sp³-hybridized carbons (Fsp3) is 0.444. The van der Waals surface area contributed by atoms with Crippen molar-refractivity contribution in [2.24, 2.45) is 11.1 Å². The molecule has 130 valence electrons. The Balaban J connectivity index is 2.35. The molecule has 0 fully saturated rings. The summed E-state index contributed by atoms with van der Waals surface area (Å²) in [6.07, 6.45) is 0. The molecule has 1 aromatic heterocycles. The zero-order valence-electron chi connectivity index (χ0n) is 14.9. The molecule has 0 atom stereocenters. The van der Waals surface area contributed by atoms with Gasteiger partial charge in [-0.05, 0) is 50.1 Å². The predicted molar refractivity (Wildman–Crippen MR) is 92.8 cm³/mol. The molecule has 1 aromatic carbocycles. The van der Waals surface area contributed by atoms with E-state index in [0.717, 1.165) is 11.4 Å². The van der Waals surface area contributed by atoms with Crippen LogP contribution in [0.5, 0.6) is 0 Å². The number of aryl methyl sites for hydroxylation is 1. The molecule has 2 aromatic rings. The minimum absolute atomic E-state index is 0.0834. The van der Waals surface area contributed by atoms with Gasteiger partial charge >= 0.3 is 0 Å². The molecule has 0 unspecified atom stereocenters. The van der Waals surface area contributed by atoms with Gasteiger partial charge in [0, 0.05) is 13.6 Å². The van der Waals surface area contributed by atoms with Crippen LogP contribution in [0.25, 0.3) is 5.69 Å². The Hall–Kier alpha value is -2.21. The second kappa shape index (κ2) is 6.73. The summed E-state index contributed by atoms with van der Waals surface area (Å²) in [6.45, 7) is 8.76. The average molecular weight is 332 g/mol. The molecule has 2 rings (SSSR count). The van der Waals surface area contributed by atoms with E-state index in [0.29, 0.717) is 24.3 Å². The molecular formula is C18H25FN4O. The summed E-state index contributed by atoms with van der Waals surface area (Å²) in [5.74, 6) is -0.389. The lowest BCUT2D eigenvalue weighted by Gasteiger charge is -2.29. The molecule has 0 saturated carbocycles. The molecule has 2 N–H and O–H groups in total. The van der Waals surface area contributed by atoms with E-state index >= 15 is 0 Å². The van der Waals surface area contributed by atoms with E-state index in [4.69, 9.17) is 5.73 Å². The van der Waals surface area contributed by atoms with Crippen LogP contribution in [0, 0.1) is 25.1 Å². The second-order valence-electron chi connectivity index (χ2n) is 6.96. The Bertz CT molecular complexity index is 734. The lowest BCUT2D eigenvalue weighted by molar-refractivity contribution is 0.0739. The van der Waals surface area contributed by atoms with Crippen LogP contribution in [0.3, 0.4) is 0 Å². The summed E-state index contributed by atoms with van der Waals surface area (Å²) in [5, 5.41) is 4.45. The van der Waals surface area contributed by atoms with Gasteiger partial charge < -0.3 is 10.6 Å². The summed E-state index contributed by atoms with van der Waals surface area (Å²) >= 11 is 0. The van der Waals surface area contributed by atoms with Crippen molar-refractivity contribution in [3.05, 3.63) is 47.0 Å². The van der Waals surface area contributed by atoms with Crippen LogP contribution in [0.15, 0.2) is 24.3 Å². The minimum atomic E-state index is -0.305. The van der Waals surface area contributed by atoms with Gasteiger partial charge in [0.1, 0.15) is 5.82 Å². The van der Waals surface area contributed by atoms with E-state index in [1.54, 1.807) is 28.8 Å². The monoisotopic (exact) mass is 332 g/mol. The number of hydrogen-bond acceptors (Lipinski definition) is 3. The first-order valence-electron chi connectivity index (χ1n) is 7.94. The smallest absolute Gasteiger partial charge is 0.257 e. The van der Waals surface area contributed by atoms with Gasteiger partial charge in [-0.3, -0.25) is 4.79 Å². The third kappa shape index (κ3) is 3.64. The highest BCUT2D eigenvalue weighted by Gasteiger charge is 2.26. The van der Waals surface area contributed by atoms with Gasteiger partial charge in [-0.15, -0.1) is 0 Å². The Morgan fingerprint density at radius 3 is 2.42 bits per heavy atom. The van der Waals surface area contributed by atoms with E-state index in [1.165, 1.54) is 12.1 Å². The molecule has 0 radical (unpaired) electrons. The minimum Gasteiger partial charge on any atom is -0.341 e. The average Bonchev–Trinajstić information content (AvgIpc) is 2.82. The van der Waals surface area contributed by atoms with Crippen molar-refractivity contribution in [2.75, 3.05) is 20.1 Å². The second-order valence-corrected chi connectivity index (χ2v) is 6.96. The normalized spacial score (nSPS) is 11.6. The third-order valence-corrected chi connectivity index (χ3v) is 4.14. The van der Waals surface area contributed by atoms with E-state index in [1.807, 2.05) is 27.7 Å². The molecule has 0 spiro atoms. The Labute approximate surface area is 142 Å². The van der Waals surface area contributed by atoms with Crippen LogP contribution in [0.2, 0.25) is 0 Å². The molecule has 0 aliphatic heterocycles. The van der Waals surface area contributed by atoms with Crippen LogP contribution in [-0.2, 0) is 0 Å². The summed E-state index contributed by atoms with van der Waals surface area (Å²) in [5.41, 5.74) is 8.30. The molecule has 5 nitrogen and oxygen atoms in total. The van der Waals surface area contributed by atoms with Gasteiger partial charge in [0.05, 0.1) is 22.6 Å². The van der Waals surface area contributed by atoms with Crippen LogP contribution < -0.4 is 5.73 Å². The summed E-state index contributed by atoms with van der Waals surface area (Å²) in [4.78, 5) is 14.5. The fourth-order valence-corrected chi connectivity index (χ4v) is 2.76. The van der Waals surface area contributed by atoms with Gasteiger partial charge in [-0.1, -0.05) is 13.8 Å². The zero-order chi connectivity index (χ0) is 18.1. The van der Waals surface area contributed by atoms with Crippen molar-refractivity contribution < 1.29 is 9.18 Å². The number of halogens is 1. The van der Waals surface area contributed by atoms with Gasteiger partial charge in [0.15, 0.2) is 0 Å². The highest BCUT2D eigenvalue weighted by atomic mass is 19.1. The SMILES string of the molecule is Cc1nn(-c2ccc(F)cc2)c(C)c1C(=O)N(C)CC(C)(C)CN. The lowest BCUT2D eigenvalue weighted by Crippen LogP contribution is -2.40. The van der Waals surface area contributed by atoms with Crippen LogP contribution in [-0.4, -0.2) is 40.7 Å². The number of nitrogens with two attached hydrogens (primary N) is 1. The maximum atomic E-state index is 13.1. The number of aromatic nitrogens is 2. The van der Waals surface area contributed by atoms with Gasteiger partial charge in [-0.2, -0.15) is 5.10 Å². The van der Waals surface area contributed by atoms with Gasteiger partial charge in [-0.25, -0.2) is 9.07 Å². The predicted octanol–water partition coefficient (Wildman–Crippen LogP) is 2.69. The van der Waals surface area contributed by atoms with Crippen molar-refractivity contribution in [2.45, 2.75) is 27.7 Å². The molecule has 0 aliphatic carbocycles. The number of amides is 1. The van der Waals surface area contributed by atoms with Crippen LogP contribution in [0.1, 0.15) is 35.6 Å². The molecule has 6 heteroatoms. The standard InChI is InChI=1S/C18H25FN4O/c1-12-16(17(24)22(5)11-18(3,4)10-20)13(2)23(21-12)15-8-6-14(19)7-9-15/h6-9H,10-11,20H2,1-5H3. The van der Waals surface area contributed by atoms with E-state index in [9.17, 15) is 9.18 Å². The molecule has 0 saturated heterocycles. The first kappa shape index (κ1) is 18.1. The molecule has 24 heavy (non-hydrogen) atoms. The van der Waals surface area contributed by atoms with Crippen molar-refractivity contribution in [3.63, 3.8) is 0 Å². The number of carbonyl (C=O) groups excluding carboxylic acids is 1. The zero-order valence-corrected chi connectivity index (χ0v) is 14.9. The maximum Gasteiger partial charge on any atom is 0.257 e. The van der Waals surface area contributed by atoms with E-state index < -0.39 is 0 Å². The molecule has 1 amide bonds. The Morgan fingerprint density at radius 2 is 1.88 bits per heavy atom. The first-order chi connectivity index (χ1) is 11.2. The van der Waals surface area contributed by atoms with Gasteiger partial charge in [0.2, 0.25) is 0 Å². The van der Waals surface area contributed by atoms with Crippen LogP contribution in [0.4, 0.5) is 4.39 Å². The van der Waals surface area contributed by atoms with Crippen molar-refractivity contribution in [1.82, 2.24) is 14.7 Å². The number of rotatable bonds is 5. The number of nitrogens with zero attached hydrogens (tertiary/aromatic N) is 3. The lowest BCUT2D eigenvalue weighted by atomic mass is 9.93. The summed E-state index contributed by atoms with van der Waals surface area (Å²) in [6, 6.07) is 6.04. The number of hydrogen-bond donors (Lipinski definition) is 1. The molecular weight excluding hydrogens is 307 g/mol. The third-order valence-electron chi connectivity index (χ3n) is 4.14. The molecule has 0 aliphatic rings. The van der Waals surface area contributed by atoms with E-state index in [2.05, 4.69) is 5.10 Å². The largest absolute Gasteiger partial charge is 0.341 e. The van der Waals surface area contributed by atoms with Crippen molar-refractivity contribution >= 4 is 5.91 Å². The number of carbonyl (C=O) groups is 1. The van der Waals surface area contributed by atoms with Crippen molar-refractivity contribution in [3.8, 4) is 5.69 Å². The highest BCUT2D eigenvalue weighted by molar-refractivity contribution is 5.96. The topological polar surface area (TPSA) is 64.2 Å². The quantitative estimate of drug-likeness (QED) is 0.915. The molecule has 0 bridgehead atoms. The van der Waals surface area contributed by atoms with Crippen molar-refractivity contribution in [1.29, 1.82) is 0 Å². The molecule has 1 heterocycles. The fourth-order valence-electron chi connectivity index (χ4n) is 2.76. The Morgan fingerprint density at radius 1 is 1.29 bits per heavy atom. The first-order valence-corrected chi connectivity index (χ1v) is 7.94. The summed E-state index contributed by atoms with van der Waals surface area (Å²) in [7, 11) is 1.77.